The summed E-state index contributed by atoms with van der Waals surface area (Å²) in [4.78, 5) is 16.0. The molecule has 0 bridgehead atoms. The van der Waals surface area contributed by atoms with Gasteiger partial charge in [0.15, 0.2) is 18.3 Å². The zero-order valence-electron chi connectivity index (χ0n) is 34.1. The number of likely N-dealkylation sites (tertiary alicyclic amines) is 1. The van der Waals surface area contributed by atoms with Crippen molar-refractivity contribution in [2.75, 3.05) is 41.3 Å². The van der Waals surface area contributed by atoms with E-state index in [1.54, 1.807) is 26.2 Å². The lowest BCUT2D eigenvalue weighted by atomic mass is 9.98. The second-order valence-electron chi connectivity index (χ2n) is 15.8. The van der Waals surface area contributed by atoms with E-state index in [0.29, 0.717) is 41.5 Å². The van der Waals surface area contributed by atoms with Gasteiger partial charge in [-0.05, 0) is 54.7 Å². The van der Waals surface area contributed by atoms with Crippen molar-refractivity contribution in [1.29, 1.82) is 0 Å². The van der Waals surface area contributed by atoms with E-state index in [0.717, 1.165) is 27.1 Å². The number of amides is 1. The van der Waals surface area contributed by atoms with Gasteiger partial charge in [-0.1, -0.05) is 112 Å². The summed E-state index contributed by atoms with van der Waals surface area (Å²) in [6.07, 6.45) is -0.391. The van der Waals surface area contributed by atoms with Crippen LogP contribution in [0.4, 0.5) is 4.79 Å². The van der Waals surface area contributed by atoms with Gasteiger partial charge < -0.3 is 32.8 Å². The molecule has 4 aromatic rings. The molecule has 0 radical (unpaired) electrons. The lowest BCUT2D eigenvalue weighted by Crippen LogP contribution is -2.66. The van der Waals surface area contributed by atoms with Crippen LogP contribution in [0.5, 0.6) is 17.2 Å². The molecule has 0 aromatic heterocycles. The zero-order valence-corrected chi connectivity index (χ0v) is 35.1. The number of methoxy groups -OCH3 is 3. The first-order valence-corrected chi connectivity index (χ1v) is 20.7. The van der Waals surface area contributed by atoms with E-state index in [2.05, 4.69) is 69.3 Å². The molecule has 0 N–H and O–H groups in total. The molecule has 10 heteroatoms. The van der Waals surface area contributed by atoms with Crippen molar-refractivity contribution in [2.45, 2.75) is 78.2 Å². The summed E-state index contributed by atoms with van der Waals surface area (Å²) in [6.45, 7) is 15.0. The maximum atomic E-state index is 14.3. The second kappa shape index (κ2) is 17.9. The number of carbonyl (C=O) groups is 1. The van der Waals surface area contributed by atoms with Crippen molar-refractivity contribution in [3.05, 3.63) is 119 Å². The second-order valence-corrected chi connectivity index (χ2v) is 20.1. The fourth-order valence-electron chi connectivity index (χ4n) is 7.30. The molecule has 1 aliphatic heterocycles. The average Bonchev–Trinajstić information content (AvgIpc) is 3.59. The quantitative estimate of drug-likeness (QED) is 0.0934. The van der Waals surface area contributed by atoms with Crippen LogP contribution in [0, 0.1) is 6.92 Å². The predicted molar refractivity (Wildman–Crippen MR) is 220 cm³/mol. The van der Waals surface area contributed by atoms with E-state index in [1.807, 2.05) is 76.2 Å². The molecule has 4 aromatic carbocycles. The van der Waals surface area contributed by atoms with Crippen LogP contribution >= 0.6 is 0 Å². The first-order chi connectivity index (χ1) is 26.2. The molecular formula is C45H57NO8Si. The Morgan fingerprint density at radius 3 is 1.89 bits per heavy atom. The first kappa shape index (κ1) is 41.5. The van der Waals surface area contributed by atoms with Gasteiger partial charge in [0.25, 0.3) is 8.32 Å². The number of ether oxygens (including phenoxy) is 6. The van der Waals surface area contributed by atoms with Crippen molar-refractivity contribution in [3.8, 4) is 17.2 Å². The van der Waals surface area contributed by atoms with Gasteiger partial charge in [-0.25, -0.2) is 4.79 Å². The van der Waals surface area contributed by atoms with Gasteiger partial charge in [0, 0.05) is 35.9 Å². The van der Waals surface area contributed by atoms with Crippen molar-refractivity contribution >= 4 is 30.4 Å². The van der Waals surface area contributed by atoms with Gasteiger partial charge in [0.2, 0.25) is 0 Å². The van der Waals surface area contributed by atoms with Crippen LogP contribution < -0.4 is 24.6 Å². The van der Waals surface area contributed by atoms with E-state index in [-0.39, 0.29) is 31.1 Å². The standard InChI is InChI=1S/C45H57NO8Si/c1-32-40(49-9)27-37(42(41(32)50-10)52-31-48-8)38(30-53-55(45(5,6)7,35-22-16-12-17-23-35)36-24-18-13-19-25-36)39-26-34(51-29-33-20-14-11-15-21-33)28-46(39)43(47)54-44(2,3)4/h11-25,27,34H,26,28-31H2,1-10H3/b39-38-/t34-/m0/s1. The Balaban J connectivity index is 1.78. The van der Waals surface area contributed by atoms with Crippen LogP contribution in [-0.2, 0) is 25.2 Å². The van der Waals surface area contributed by atoms with E-state index in [9.17, 15) is 4.79 Å². The van der Waals surface area contributed by atoms with Crippen LogP contribution in [-0.4, -0.2) is 72.3 Å². The van der Waals surface area contributed by atoms with Gasteiger partial charge in [0.05, 0.1) is 40.1 Å². The lowest BCUT2D eigenvalue weighted by Gasteiger charge is -2.43. The number of nitrogens with zero attached hydrogens (tertiary/aromatic N) is 1. The minimum Gasteiger partial charge on any atom is -0.496 e. The number of carbonyl (C=O) groups excluding carboxylic acids is 1. The summed E-state index contributed by atoms with van der Waals surface area (Å²) in [7, 11) is 1.72. The molecule has 1 saturated heterocycles. The Labute approximate surface area is 328 Å². The highest BCUT2D eigenvalue weighted by atomic mass is 28.4. The summed E-state index contributed by atoms with van der Waals surface area (Å²) >= 11 is 0. The lowest BCUT2D eigenvalue weighted by molar-refractivity contribution is 0.0203. The molecule has 0 saturated carbocycles. The third-order valence-electron chi connectivity index (χ3n) is 9.78. The molecule has 0 unspecified atom stereocenters. The fourth-order valence-corrected chi connectivity index (χ4v) is 11.8. The minimum absolute atomic E-state index is 0.0358. The third-order valence-corrected chi connectivity index (χ3v) is 14.8. The Hall–Kier alpha value is -4.61. The van der Waals surface area contributed by atoms with E-state index < -0.39 is 20.0 Å². The molecular weight excluding hydrogens is 711 g/mol. The summed E-state index contributed by atoms with van der Waals surface area (Å²) < 4.78 is 44.0. The molecule has 1 amide bonds. The smallest absolute Gasteiger partial charge is 0.414 e. The summed E-state index contributed by atoms with van der Waals surface area (Å²) in [6, 6.07) is 32.9. The SMILES string of the molecule is COCOc1c(/C(CO[Si](c2ccccc2)(c2ccccc2)C(C)(C)C)=C2/C[C@H](OCc3ccccc3)CN2C(=O)OC(C)(C)C)cc(OC)c(C)c1OC. The molecule has 9 nitrogen and oxygen atoms in total. The maximum absolute atomic E-state index is 14.3. The molecule has 0 aliphatic carbocycles. The minimum atomic E-state index is -3.09. The zero-order chi connectivity index (χ0) is 39.8. The van der Waals surface area contributed by atoms with E-state index >= 15 is 0 Å². The molecule has 55 heavy (non-hydrogen) atoms. The van der Waals surface area contributed by atoms with Crippen LogP contribution in [0.15, 0.2) is 103 Å². The Bertz CT molecular complexity index is 1860. The Morgan fingerprint density at radius 2 is 1.38 bits per heavy atom. The number of hydrogen-bond donors (Lipinski definition) is 0. The Kier molecular flexibility index (Phi) is 13.5. The summed E-state index contributed by atoms with van der Waals surface area (Å²) in [5.41, 5.74) is 3.16. The highest BCUT2D eigenvalue weighted by Crippen LogP contribution is 2.47. The molecule has 1 fully saturated rings. The molecule has 0 spiro atoms. The van der Waals surface area contributed by atoms with E-state index in [4.69, 9.17) is 32.8 Å². The molecule has 5 rings (SSSR count). The van der Waals surface area contributed by atoms with Crippen LogP contribution in [0.3, 0.4) is 0 Å². The molecule has 1 atom stereocenters. The topological polar surface area (TPSA) is 84.9 Å². The Morgan fingerprint density at radius 1 is 0.800 bits per heavy atom. The molecule has 1 heterocycles. The number of benzene rings is 4. The average molecular weight is 768 g/mol. The maximum Gasteiger partial charge on any atom is 0.414 e. The monoisotopic (exact) mass is 767 g/mol. The van der Waals surface area contributed by atoms with E-state index in [1.165, 1.54) is 0 Å². The highest BCUT2D eigenvalue weighted by Gasteiger charge is 2.51. The first-order valence-electron chi connectivity index (χ1n) is 18.7. The normalized spacial score (nSPS) is 15.8. The highest BCUT2D eigenvalue weighted by molar-refractivity contribution is 6.99. The van der Waals surface area contributed by atoms with Gasteiger partial charge >= 0.3 is 6.09 Å². The molecule has 294 valence electrons. The third kappa shape index (κ3) is 9.44. The van der Waals surface area contributed by atoms with Gasteiger partial charge in [0.1, 0.15) is 11.4 Å². The largest absolute Gasteiger partial charge is 0.496 e. The van der Waals surface area contributed by atoms with Crippen molar-refractivity contribution in [3.63, 3.8) is 0 Å². The number of hydrogen-bond acceptors (Lipinski definition) is 8. The van der Waals surface area contributed by atoms with Crippen molar-refractivity contribution < 1.29 is 37.6 Å². The van der Waals surface area contributed by atoms with Crippen LogP contribution in [0.2, 0.25) is 5.04 Å². The predicted octanol–water partition coefficient (Wildman–Crippen LogP) is 8.51. The van der Waals surface area contributed by atoms with Crippen molar-refractivity contribution in [1.82, 2.24) is 4.90 Å². The van der Waals surface area contributed by atoms with Gasteiger partial charge in [-0.3, -0.25) is 4.90 Å². The van der Waals surface area contributed by atoms with Gasteiger partial charge in [-0.15, -0.1) is 0 Å². The van der Waals surface area contributed by atoms with Gasteiger partial charge in [-0.2, -0.15) is 0 Å². The van der Waals surface area contributed by atoms with Crippen LogP contribution in [0.25, 0.3) is 5.57 Å². The number of rotatable bonds is 14. The van der Waals surface area contributed by atoms with Crippen molar-refractivity contribution in [2.24, 2.45) is 0 Å². The fraction of sp³-hybridized carbons (Fsp3) is 0.400. The molecule has 1 aliphatic rings. The van der Waals surface area contributed by atoms with Crippen LogP contribution in [0.1, 0.15) is 64.7 Å². The summed E-state index contributed by atoms with van der Waals surface area (Å²) in [5.74, 6) is 1.54. The summed E-state index contributed by atoms with van der Waals surface area (Å²) in [5, 5.41) is 1.95.